The molecule has 0 heterocycles. The monoisotopic (exact) mass is 517 g/mol. The van der Waals surface area contributed by atoms with Gasteiger partial charge in [-0.1, -0.05) is 0 Å². The van der Waals surface area contributed by atoms with E-state index in [-0.39, 0.29) is 65.0 Å². The molecular weight excluding hydrogens is 478 g/mol. The van der Waals surface area contributed by atoms with Crippen LogP contribution >= 0.6 is 0 Å². The molecule has 0 radical (unpaired) electrons. The average Bonchev–Trinajstić information content (AvgIpc) is 2.83. The van der Waals surface area contributed by atoms with E-state index in [4.69, 9.17) is 24.7 Å². The molecule has 0 saturated heterocycles. The number of carbonyl (C=O) groups excluding carboxylic acids is 6. The van der Waals surface area contributed by atoms with Gasteiger partial charge < -0.3 is 35.3 Å². The van der Waals surface area contributed by atoms with Crippen LogP contribution in [0.3, 0.4) is 0 Å². The fourth-order valence-corrected chi connectivity index (χ4v) is 2.94. The van der Waals surface area contributed by atoms with Crippen LogP contribution in [0.5, 0.6) is 0 Å². The lowest BCUT2D eigenvalue weighted by atomic mass is 10.1. The molecule has 13 heteroatoms. The third-order valence-corrected chi connectivity index (χ3v) is 4.70. The Kier molecular flexibility index (Phi) is 17.3. The number of rotatable bonds is 18. The van der Waals surface area contributed by atoms with E-state index in [0.717, 1.165) is 0 Å². The molecule has 206 valence electrons. The van der Waals surface area contributed by atoms with E-state index in [2.05, 4.69) is 10.6 Å². The first-order valence-electron chi connectivity index (χ1n) is 12.1. The Labute approximate surface area is 211 Å². The molecule has 0 fully saturated rings. The average molecular weight is 518 g/mol. The summed E-state index contributed by atoms with van der Waals surface area (Å²) < 4.78 is 19.5. The minimum atomic E-state index is -1.16. The molecule has 0 aromatic rings. The Balaban J connectivity index is 4.90. The summed E-state index contributed by atoms with van der Waals surface area (Å²) in [4.78, 5) is 72.3. The van der Waals surface area contributed by atoms with Gasteiger partial charge in [0.25, 0.3) is 0 Å². The predicted molar refractivity (Wildman–Crippen MR) is 126 cm³/mol. The number of ether oxygens (including phenoxy) is 4. The maximum Gasteiger partial charge on any atom is 0.328 e. The molecule has 36 heavy (non-hydrogen) atoms. The molecule has 0 aromatic heterocycles. The Morgan fingerprint density at radius 1 is 0.611 bits per heavy atom. The summed E-state index contributed by atoms with van der Waals surface area (Å²) in [6.07, 6.45) is -0.581. The van der Waals surface area contributed by atoms with Crippen molar-refractivity contribution in [1.29, 1.82) is 0 Å². The van der Waals surface area contributed by atoms with Crippen molar-refractivity contribution in [3.8, 4) is 0 Å². The van der Waals surface area contributed by atoms with E-state index in [1.54, 1.807) is 27.7 Å². The minimum absolute atomic E-state index is 0.0162. The SMILES string of the molecule is CCOC(=O)CCC(NC(=O)CCC(N)C(=O)N[C@@H](CCC(=O)OCC)C(=O)OCC)C(=O)OCC. The first-order valence-corrected chi connectivity index (χ1v) is 12.1. The zero-order chi connectivity index (χ0) is 27.5. The summed E-state index contributed by atoms with van der Waals surface area (Å²) in [7, 11) is 0. The van der Waals surface area contributed by atoms with Gasteiger partial charge in [-0.2, -0.15) is 0 Å². The largest absolute Gasteiger partial charge is 0.466 e. The standard InChI is InChI=1S/C23H39N3O10/c1-5-33-19(28)13-10-16(22(31)35-7-3)25-18(27)12-9-15(24)21(30)26-17(23(32)36-8-4)11-14-20(29)34-6-2/h15-17H,5-14,24H2,1-4H3,(H,25,27)(H,26,30)/t15?,16?,17-/m0/s1. The fourth-order valence-electron chi connectivity index (χ4n) is 2.94. The Hall–Kier alpha value is -3.22. The van der Waals surface area contributed by atoms with Gasteiger partial charge in [0.2, 0.25) is 11.8 Å². The summed E-state index contributed by atoms with van der Waals surface area (Å²) in [5, 5.41) is 4.92. The van der Waals surface area contributed by atoms with Crippen molar-refractivity contribution in [2.75, 3.05) is 26.4 Å². The maximum atomic E-state index is 12.5. The summed E-state index contributed by atoms with van der Waals surface area (Å²) in [5.41, 5.74) is 5.87. The van der Waals surface area contributed by atoms with Crippen molar-refractivity contribution < 1.29 is 47.7 Å². The molecule has 0 saturated carbocycles. The predicted octanol–water partition coefficient (Wildman–Crippen LogP) is -0.124. The van der Waals surface area contributed by atoms with Gasteiger partial charge in [0.05, 0.1) is 32.5 Å². The third-order valence-electron chi connectivity index (χ3n) is 4.70. The van der Waals surface area contributed by atoms with Gasteiger partial charge in [0, 0.05) is 19.3 Å². The van der Waals surface area contributed by atoms with E-state index >= 15 is 0 Å². The first-order chi connectivity index (χ1) is 17.1. The van der Waals surface area contributed by atoms with Gasteiger partial charge in [-0.05, 0) is 47.0 Å². The number of amides is 2. The second-order valence-electron chi connectivity index (χ2n) is 7.52. The lowest BCUT2D eigenvalue weighted by molar-refractivity contribution is -0.149. The zero-order valence-electron chi connectivity index (χ0n) is 21.5. The van der Waals surface area contributed by atoms with Crippen molar-refractivity contribution in [3.05, 3.63) is 0 Å². The minimum Gasteiger partial charge on any atom is -0.466 e. The van der Waals surface area contributed by atoms with Crippen molar-refractivity contribution >= 4 is 35.7 Å². The lowest BCUT2D eigenvalue weighted by Crippen LogP contribution is -2.49. The van der Waals surface area contributed by atoms with Crippen LogP contribution in [0.15, 0.2) is 0 Å². The molecular formula is C23H39N3O10. The number of nitrogens with two attached hydrogens (primary N) is 1. The first kappa shape index (κ1) is 32.8. The second-order valence-corrected chi connectivity index (χ2v) is 7.52. The molecule has 0 aliphatic rings. The van der Waals surface area contributed by atoms with Crippen LogP contribution in [0.1, 0.15) is 66.2 Å². The van der Waals surface area contributed by atoms with E-state index in [9.17, 15) is 28.8 Å². The second kappa shape index (κ2) is 19.0. The van der Waals surface area contributed by atoms with Gasteiger partial charge in [-0.15, -0.1) is 0 Å². The number of carbonyl (C=O) groups is 6. The smallest absolute Gasteiger partial charge is 0.328 e. The van der Waals surface area contributed by atoms with Crippen LogP contribution in [0.2, 0.25) is 0 Å². The van der Waals surface area contributed by atoms with Crippen LogP contribution in [0.25, 0.3) is 0 Å². The molecule has 0 bridgehead atoms. The van der Waals surface area contributed by atoms with Gasteiger partial charge in [0.1, 0.15) is 12.1 Å². The molecule has 2 unspecified atom stereocenters. The molecule has 2 amide bonds. The van der Waals surface area contributed by atoms with Crippen LogP contribution in [-0.4, -0.2) is 80.2 Å². The van der Waals surface area contributed by atoms with Crippen LogP contribution in [0.4, 0.5) is 0 Å². The summed E-state index contributed by atoms with van der Waals surface area (Å²) in [5.74, 6) is -3.76. The quantitative estimate of drug-likeness (QED) is 0.162. The molecule has 0 aliphatic carbocycles. The van der Waals surface area contributed by atoms with Crippen LogP contribution in [-0.2, 0) is 47.7 Å². The number of nitrogens with one attached hydrogen (secondary N) is 2. The molecule has 0 aliphatic heterocycles. The number of esters is 4. The van der Waals surface area contributed by atoms with Gasteiger partial charge in [0.15, 0.2) is 0 Å². The third kappa shape index (κ3) is 14.2. The lowest BCUT2D eigenvalue weighted by Gasteiger charge is -2.20. The highest BCUT2D eigenvalue weighted by atomic mass is 16.5. The van der Waals surface area contributed by atoms with E-state index in [1.807, 2.05) is 0 Å². The molecule has 0 spiro atoms. The zero-order valence-corrected chi connectivity index (χ0v) is 21.5. The fraction of sp³-hybridized carbons (Fsp3) is 0.739. The van der Waals surface area contributed by atoms with Crippen molar-refractivity contribution in [3.63, 3.8) is 0 Å². The van der Waals surface area contributed by atoms with E-state index in [0.29, 0.717) is 0 Å². The summed E-state index contributed by atoms with van der Waals surface area (Å²) in [6.45, 7) is 7.04. The summed E-state index contributed by atoms with van der Waals surface area (Å²) in [6, 6.07) is -3.34. The maximum absolute atomic E-state index is 12.5. The van der Waals surface area contributed by atoms with Crippen molar-refractivity contribution in [2.45, 2.75) is 84.3 Å². The van der Waals surface area contributed by atoms with Gasteiger partial charge in [-0.25, -0.2) is 9.59 Å². The molecule has 13 nitrogen and oxygen atoms in total. The molecule has 4 N–H and O–H groups in total. The molecule has 0 rings (SSSR count). The topological polar surface area (TPSA) is 189 Å². The van der Waals surface area contributed by atoms with Crippen molar-refractivity contribution in [2.24, 2.45) is 5.73 Å². The Morgan fingerprint density at radius 2 is 1.03 bits per heavy atom. The number of hydrogen-bond donors (Lipinski definition) is 3. The Bertz CT molecular complexity index is 744. The van der Waals surface area contributed by atoms with Gasteiger partial charge in [-0.3, -0.25) is 19.2 Å². The molecule has 0 aromatic carbocycles. The van der Waals surface area contributed by atoms with E-state index in [1.165, 1.54) is 0 Å². The van der Waals surface area contributed by atoms with Crippen LogP contribution < -0.4 is 16.4 Å². The van der Waals surface area contributed by atoms with Gasteiger partial charge >= 0.3 is 23.9 Å². The highest BCUT2D eigenvalue weighted by Crippen LogP contribution is 2.06. The van der Waals surface area contributed by atoms with Crippen LogP contribution in [0, 0.1) is 0 Å². The number of hydrogen-bond acceptors (Lipinski definition) is 11. The normalized spacial score (nSPS) is 12.9. The van der Waals surface area contributed by atoms with Crippen molar-refractivity contribution in [1.82, 2.24) is 10.6 Å². The highest BCUT2D eigenvalue weighted by molar-refractivity contribution is 5.89. The Morgan fingerprint density at radius 3 is 1.44 bits per heavy atom. The highest BCUT2D eigenvalue weighted by Gasteiger charge is 2.27. The summed E-state index contributed by atoms with van der Waals surface area (Å²) >= 11 is 0. The molecule has 3 atom stereocenters. The van der Waals surface area contributed by atoms with E-state index < -0.39 is 53.8 Å².